The first-order valence-electron chi connectivity index (χ1n) is 7.94. The van der Waals surface area contributed by atoms with E-state index in [1.165, 1.54) is 11.3 Å². The molecule has 0 aliphatic rings. The predicted molar refractivity (Wildman–Crippen MR) is 103 cm³/mol. The van der Waals surface area contributed by atoms with E-state index in [0.717, 1.165) is 27.4 Å². The summed E-state index contributed by atoms with van der Waals surface area (Å²) in [6.45, 7) is 2.13. The van der Waals surface area contributed by atoms with Crippen molar-refractivity contribution in [1.82, 2.24) is 4.98 Å². The van der Waals surface area contributed by atoms with Crippen LogP contribution in [-0.2, 0) is 22.6 Å². The smallest absolute Gasteiger partial charge is 0.312 e. The Bertz CT molecular complexity index is 887. The maximum absolute atomic E-state index is 12.2. The number of aryl methyl sites for hydroxylation is 1. The minimum Gasteiger partial charge on any atom is -0.493 e. The average molecular weight is 389 g/mol. The first kappa shape index (κ1) is 18.4. The van der Waals surface area contributed by atoms with Crippen LogP contribution < -0.4 is 9.47 Å². The SMILES string of the molecule is COc1cc(C)c(COC(=O)Cc2csc(-c3ccsc3)n2)cc1OC. The van der Waals surface area contributed by atoms with Crippen LogP contribution in [0.15, 0.2) is 34.3 Å². The number of ether oxygens (including phenoxy) is 3. The molecule has 1 aromatic carbocycles. The molecule has 26 heavy (non-hydrogen) atoms. The summed E-state index contributed by atoms with van der Waals surface area (Å²) < 4.78 is 16.0. The van der Waals surface area contributed by atoms with Gasteiger partial charge in [-0.25, -0.2) is 4.98 Å². The van der Waals surface area contributed by atoms with Gasteiger partial charge in [0.05, 0.1) is 26.3 Å². The van der Waals surface area contributed by atoms with Crippen LogP contribution in [0.3, 0.4) is 0 Å². The first-order chi connectivity index (χ1) is 12.6. The van der Waals surface area contributed by atoms with E-state index in [9.17, 15) is 4.79 Å². The topological polar surface area (TPSA) is 57.7 Å². The van der Waals surface area contributed by atoms with Crippen LogP contribution in [0.2, 0.25) is 0 Å². The number of benzene rings is 1. The Morgan fingerprint density at radius 1 is 1.15 bits per heavy atom. The highest BCUT2D eigenvalue weighted by atomic mass is 32.1. The predicted octanol–water partition coefficient (Wildman–Crippen LogP) is 4.48. The lowest BCUT2D eigenvalue weighted by molar-refractivity contribution is -0.144. The molecule has 7 heteroatoms. The highest BCUT2D eigenvalue weighted by Gasteiger charge is 2.13. The van der Waals surface area contributed by atoms with Crippen molar-refractivity contribution in [1.29, 1.82) is 0 Å². The maximum Gasteiger partial charge on any atom is 0.312 e. The quantitative estimate of drug-likeness (QED) is 0.558. The van der Waals surface area contributed by atoms with E-state index in [2.05, 4.69) is 4.98 Å². The molecule has 3 aromatic rings. The minimum atomic E-state index is -0.304. The summed E-state index contributed by atoms with van der Waals surface area (Å²) in [5.41, 5.74) is 3.67. The lowest BCUT2D eigenvalue weighted by Gasteiger charge is -2.13. The largest absolute Gasteiger partial charge is 0.493 e. The van der Waals surface area contributed by atoms with Gasteiger partial charge in [0.15, 0.2) is 11.5 Å². The van der Waals surface area contributed by atoms with Gasteiger partial charge in [0, 0.05) is 16.3 Å². The highest BCUT2D eigenvalue weighted by Crippen LogP contribution is 2.30. The summed E-state index contributed by atoms with van der Waals surface area (Å²) in [6.07, 6.45) is 0.160. The van der Waals surface area contributed by atoms with Gasteiger partial charge >= 0.3 is 5.97 Å². The molecule has 0 radical (unpaired) electrons. The fourth-order valence-electron chi connectivity index (χ4n) is 2.44. The summed E-state index contributed by atoms with van der Waals surface area (Å²) in [5, 5.41) is 6.87. The molecule has 0 aliphatic carbocycles. The lowest BCUT2D eigenvalue weighted by atomic mass is 10.1. The molecule has 0 amide bonds. The van der Waals surface area contributed by atoms with Gasteiger partial charge in [0.2, 0.25) is 0 Å². The fraction of sp³-hybridized carbons (Fsp3) is 0.263. The van der Waals surface area contributed by atoms with Crippen molar-refractivity contribution in [2.45, 2.75) is 20.0 Å². The fourth-order valence-corrected chi connectivity index (χ4v) is 3.97. The van der Waals surface area contributed by atoms with Crippen molar-refractivity contribution < 1.29 is 19.0 Å². The molecule has 0 N–H and O–H groups in total. The number of carbonyl (C=O) groups is 1. The van der Waals surface area contributed by atoms with Gasteiger partial charge in [-0.15, -0.1) is 11.3 Å². The zero-order chi connectivity index (χ0) is 18.5. The zero-order valence-electron chi connectivity index (χ0n) is 14.8. The molecular weight excluding hydrogens is 370 g/mol. The third kappa shape index (κ3) is 4.23. The summed E-state index contributed by atoms with van der Waals surface area (Å²) in [6, 6.07) is 5.72. The second-order valence-electron chi connectivity index (χ2n) is 5.63. The van der Waals surface area contributed by atoms with E-state index in [0.29, 0.717) is 11.5 Å². The number of thiophene rings is 1. The Morgan fingerprint density at radius 2 is 1.92 bits per heavy atom. The molecule has 2 heterocycles. The molecular formula is C19H19NO4S2. The van der Waals surface area contributed by atoms with Crippen molar-refractivity contribution in [3.8, 4) is 22.1 Å². The van der Waals surface area contributed by atoms with Crippen molar-refractivity contribution in [2.75, 3.05) is 14.2 Å². The second-order valence-corrected chi connectivity index (χ2v) is 7.27. The molecule has 0 spiro atoms. The number of methoxy groups -OCH3 is 2. The highest BCUT2D eigenvalue weighted by molar-refractivity contribution is 7.14. The van der Waals surface area contributed by atoms with Crippen LogP contribution in [0.5, 0.6) is 11.5 Å². The number of esters is 1. The molecule has 0 aliphatic heterocycles. The van der Waals surface area contributed by atoms with Gasteiger partial charge in [-0.3, -0.25) is 4.79 Å². The van der Waals surface area contributed by atoms with Gasteiger partial charge < -0.3 is 14.2 Å². The van der Waals surface area contributed by atoms with E-state index in [1.807, 2.05) is 41.3 Å². The van der Waals surface area contributed by atoms with E-state index < -0.39 is 0 Å². The van der Waals surface area contributed by atoms with Gasteiger partial charge in [-0.1, -0.05) is 0 Å². The van der Waals surface area contributed by atoms with Crippen molar-refractivity contribution in [3.63, 3.8) is 0 Å². The summed E-state index contributed by atoms with van der Waals surface area (Å²) in [4.78, 5) is 16.7. The third-order valence-corrected chi connectivity index (χ3v) is 5.50. The van der Waals surface area contributed by atoms with Crippen molar-refractivity contribution >= 4 is 28.6 Å². The molecule has 5 nitrogen and oxygen atoms in total. The van der Waals surface area contributed by atoms with Crippen LogP contribution in [-0.4, -0.2) is 25.2 Å². The average Bonchev–Trinajstić information content (AvgIpc) is 3.31. The van der Waals surface area contributed by atoms with Gasteiger partial charge in [0.25, 0.3) is 0 Å². The number of hydrogen-bond donors (Lipinski definition) is 0. The molecule has 2 aromatic heterocycles. The second kappa shape index (κ2) is 8.33. The molecule has 0 fully saturated rings. The Hall–Kier alpha value is -2.38. The number of rotatable bonds is 7. The number of carbonyl (C=O) groups excluding carboxylic acids is 1. The summed E-state index contributed by atoms with van der Waals surface area (Å²) >= 11 is 3.16. The van der Waals surface area contributed by atoms with E-state index >= 15 is 0 Å². The maximum atomic E-state index is 12.2. The third-order valence-electron chi connectivity index (χ3n) is 3.88. The van der Waals surface area contributed by atoms with Gasteiger partial charge in [-0.05, 0) is 41.6 Å². The molecule has 0 saturated carbocycles. The van der Waals surface area contributed by atoms with Crippen LogP contribution >= 0.6 is 22.7 Å². The van der Waals surface area contributed by atoms with Crippen LogP contribution in [0.1, 0.15) is 16.8 Å². The monoisotopic (exact) mass is 389 g/mol. The van der Waals surface area contributed by atoms with E-state index in [-0.39, 0.29) is 19.0 Å². The van der Waals surface area contributed by atoms with Crippen LogP contribution in [0.25, 0.3) is 10.6 Å². The van der Waals surface area contributed by atoms with Crippen molar-refractivity contribution in [3.05, 3.63) is 51.2 Å². The number of hydrogen-bond acceptors (Lipinski definition) is 7. The van der Waals surface area contributed by atoms with E-state index in [1.54, 1.807) is 25.6 Å². The lowest BCUT2D eigenvalue weighted by Crippen LogP contribution is -2.09. The van der Waals surface area contributed by atoms with Crippen LogP contribution in [0.4, 0.5) is 0 Å². The normalized spacial score (nSPS) is 10.6. The number of thiazole rings is 1. The van der Waals surface area contributed by atoms with Crippen LogP contribution in [0, 0.1) is 6.92 Å². The standard InChI is InChI=1S/C19H19NO4S2/c1-12-6-16(22-2)17(23-3)7-14(12)9-24-18(21)8-15-11-26-19(20-15)13-4-5-25-10-13/h4-7,10-11H,8-9H2,1-3H3. The molecule has 3 rings (SSSR count). The summed E-state index contributed by atoms with van der Waals surface area (Å²) in [7, 11) is 3.17. The number of nitrogens with zero attached hydrogens (tertiary/aromatic N) is 1. The zero-order valence-corrected chi connectivity index (χ0v) is 16.4. The van der Waals surface area contributed by atoms with E-state index in [4.69, 9.17) is 14.2 Å². The first-order valence-corrected chi connectivity index (χ1v) is 9.77. The Kier molecular flexibility index (Phi) is 5.90. The molecule has 0 atom stereocenters. The van der Waals surface area contributed by atoms with Gasteiger partial charge in [0.1, 0.15) is 11.6 Å². The molecule has 0 bridgehead atoms. The summed E-state index contributed by atoms with van der Waals surface area (Å²) in [5.74, 6) is 0.967. The minimum absolute atomic E-state index is 0.160. The number of aromatic nitrogens is 1. The Labute approximate surface area is 160 Å². The molecule has 0 saturated heterocycles. The Balaban J connectivity index is 1.61. The van der Waals surface area contributed by atoms with Gasteiger partial charge in [-0.2, -0.15) is 11.3 Å². The molecule has 136 valence electrons. The Morgan fingerprint density at radius 3 is 2.62 bits per heavy atom. The molecule has 0 unspecified atom stereocenters. The van der Waals surface area contributed by atoms with Crippen molar-refractivity contribution in [2.24, 2.45) is 0 Å².